The Labute approximate surface area is 176 Å². The van der Waals surface area contributed by atoms with Crippen molar-refractivity contribution in [3.63, 3.8) is 0 Å². The third-order valence-corrected chi connectivity index (χ3v) is 6.05. The SMILES string of the molecule is Cc1ccc(-c2nc(C(=O)N3CCN(C(=O)c4ccc5nc[nH]c5c4)CC3)cs2)o1. The Bertz CT molecular complexity index is 1230. The molecular formula is C21H19N5O3S. The molecule has 5 rings (SSSR count). The highest BCUT2D eigenvalue weighted by molar-refractivity contribution is 7.13. The van der Waals surface area contributed by atoms with Crippen molar-refractivity contribution in [3.05, 3.63) is 59.1 Å². The molecule has 152 valence electrons. The first kappa shape index (κ1) is 18.6. The van der Waals surface area contributed by atoms with Gasteiger partial charge in [-0.05, 0) is 37.3 Å². The fraction of sp³-hybridized carbons (Fsp3) is 0.238. The van der Waals surface area contributed by atoms with E-state index >= 15 is 0 Å². The fourth-order valence-electron chi connectivity index (χ4n) is 3.56. The molecule has 30 heavy (non-hydrogen) atoms. The van der Waals surface area contributed by atoms with Crippen LogP contribution in [0, 0.1) is 6.92 Å². The molecule has 1 saturated heterocycles. The maximum Gasteiger partial charge on any atom is 0.273 e. The number of piperazine rings is 1. The number of imidazole rings is 1. The van der Waals surface area contributed by atoms with Gasteiger partial charge in [-0.15, -0.1) is 11.3 Å². The second kappa shape index (κ2) is 7.42. The van der Waals surface area contributed by atoms with Gasteiger partial charge in [0, 0.05) is 37.1 Å². The van der Waals surface area contributed by atoms with Crippen LogP contribution in [0.5, 0.6) is 0 Å². The monoisotopic (exact) mass is 421 g/mol. The summed E-state index contributed by atoms with van der Waals surface area (Å²) in [6.45, 7) is 3.80. The number of aromatic nitrogens is 3. The summed E-state index contributed by atoms with van der Waals surface area (Å²) in [6, 6.07) is 9.16. The predicted molar refractivity (Wildman–Crippen MR) is 112 cm³/mol. The molecule has 0 radical (unpaired) electrons. The lowest BCUT2D eigenvalue weighted by Crippen LogP contribution is -2.50. The number of carbonyl (C=O) groups excluding carboxylic acids is 2. The smallest absolute Gasteiger partial charge is 0.273 e. The molecule has 8 nitrogen and oxygen atoms in total. The molecule has 1 fully saturated rings. The maximum absolute atomic E-state index is 12.8. The molecule has 0 bridgehead atoms. The van der Waals surface area contributed by atoms with Gasteiger partial charge in [-0.3, -0.25) is 9.59 Å². The highest BCUT2D eigenvalue weighted by Gasteiger charge is 2.27. The van der Waals surface area contributed by atoms with Crippen LogP contribution in [0.15, 0.2) is 46.5 Å². The summed E-state index contributed by atoms with van der Waals surface area (Å²) in [5.74, 6) is 1.32. The van der Waals surface area contributed by atoms with E-state index in [1.807, 2.05) is 31.2 Å². The minimum Gasteiger partial charge on any atom is -0.459 e. The fourth-order valence-corrected chi connectivity index (χ4v) is 4.31. The summed E-state index contributed by atoms with van der Waals surface area (Å²) in [6.07, 6.45) is 1.61. The van der Waals surface area contributed by atoms with E-state index < -0.39 is 0 Å². The Morgan fingerprint density at radius 3 is 2.57 bits per heavy atom. The van der Waals surface area contributed by atoms with Gasteiger partial charge >= 0.3 is 0 Å². The molecule has 1 aliphatic rings. The standard InChI is InChI=1S/C21H19N5O3S/c1-13-2-5-18(29-13)19-24-17(11-30-19)21(28)26-8-6-25(7-9-26)20(27)14-3-4-15-16(10-14)23-12-22-15/h2-5,10-12H,6-9H2,1H3,(H,22,23). The van der Waals surface area contributed by atoms with Gasteiger partial charge in [0.25, 0.3) is 11.8 Å². The number of carbonyl (C=O) groups is 2. The zero-order valence-corrected chi connectivity index (χ0v) is 17.1. The zero-order chi connectivity index (χ0) is 20.7. The molecule has 3 aromatic heterocycles. The van der Waals surface area contributed by atoms with Crippen LogP contribution < -0.4 is 0 Å². The number of hydrogen-bond donors (Lipinski definition) is 1. The minimum absolute atomic E-state index is 0.0391. The largest absolute Gasteiger partial charge is 0.459 e. The Hall–Kier alpha value is -3.46. The predicted octanol–water partition coefficient (Wildman–Crippen LogP) is 3.19. The van der Waals surface area contributed by atoms with Crippen LogP contribution in [0.1, 0.15) is 26.6 Å². The molecular weight excluding hydrogens is 402 g/mol. The summed E-state index contributed by atoms with van der Waals surface area (Å²) in [5.41, 5.74) is 2.69. The van der Waals surface area contributed by atoms with E-state index in [0.29, 0.717) is 48.2 Å². The van der Waals surface area contributed by atoms with E-state index in [4.69, 9.17) is 4.42 Å². The average molecular weight is 421 g/mol. The summed E-state index contributed by atoms with van der Waals surface area (Å²) in [5, 5.41) is 2.45. The van der Waals surface area contributed by atoms with E-state index in [-0.39, 0.29) is 11.8 Å². The van der Waals surface area contributed by atoms with E-state index in [0.717, 1.165) is 16.8 Å². The molecule has 4 heterocycles. The second-order valence-corrected chi connectivity index (χ2v) is 8.03. The van der Waals surface area contributed by atoms with Crippen LogP contribution in [-0.2, 0) is 0 Å². The summed E-state index contributed by atoms with van der Waals surface area (Å²) in [4.78, 5) is 40.8. The van der Waals surface area contributed by atoms with Crippen molar-refractivity contribution in [1.29, 1.82) is 0 Å². The molecule has 0 spiro atoms. The number of H-pyrrole nitrogens is 1. The summed E-state index contributed by atoms with van der Waals surface area (Å²) < 4.78 is 5.58. The lowest BCUT2D eigenvalue weighted by atomic mass is 10.1. The number of amides is 2. The first-order valence-corrected chi connectivity index (χ1v) is 10.5. The minimum atomic E-state index is -0.119. The number of benzene rings is 1. The summed E-state index contributed by atoms with van der Waals surface area (Å²) >= 11 is 1.39. The molecule has 1 N–H and O–H groups in total. The van der Waals surface area contributed by atoms with Gasteiger partial charge in [-0.25, -0.2) is 9.97 Å². The lowest BCUT2D eigenvalue weighted by molar-refractivity contribution is 0.0533. The third-order valence-electron chi connectivity index (χ3n) is 5.20. The number of nitrogens with zero attached hydrogens (tertiary/aromatic N) is 4. The second-order valence-electron chi connectivity index (χ2n) is 7.17. The number of furan rings is 1. The van der Waals surface area contributed by atoms with Crippen molar-refractivity contribution in [1.82, 2.24) is 24.8 Å². The molecule has 1 aromatic carbocycles. The topological polar surface area (TPSA) is 95.3 Å². The molecule has 0 aliphatic carbocycles. The average Bonchev–Trinajstić information content (AvgIpc) is 3.52. The first-order chi connectivity index (χ1) is 14.6. The van der Waals surface area contributed by atoms with Crippen LogP contribution in [0.4, 0.5) is 0 Å². The van der Waals surface area contributed by atoms with E-state index in [1.54, 1.807) is 27.6 Å². The Morgan fingerprint density at radius 2 is 1.83 bits per heavy atom. The van der Waals surface area contributed by atoms with Crippen LogP contribution >= 0.6 is 11.3 Å². The Balaban J connectivity index is 1.23. The highest BCUT2D eigenvalue weighted by atomic mass is 32.1. The number of nitrogens with one attached hydrogen (secondary N) is 1. The third kappa shape index (κ3) is 3.37. The summed E-state index contributed by atoms with van der Waals surface area (Å²) in [7, 11) is 0. The molecule has 4 aromatic rings. The van der Waals surface area contributed by atoms with Crippen molar-refractivity contribution in [3.8, 4) is 10.8 Å². The van der Waals surface area contributed by atoms with Gasteiger partial charge in [-0.1, -0.05) is 0 Å². The first-order valence-electron chi connectivity index (χ1n) is 9.62. The Kier molecular flexibility index (Phi) is 4.59. The molecule has 9 heteroatoms. The zero-order valence-electron chi connectivity index (χ0n) is 16.3. The van der Waals surface area contributed by atoms with Crippen LogP contribution in [0.2, 0.25) is 0 Å². The molecule has 2 amide bonds. The van der Waals surface area contributed by atoms with Crippen LogP contribution in [-0.4, -0.2) is 62.7 Å². The van der Waals surface area contributed by atoms with Gasteiger partial charge in [0.15, 0.2) is 10.8 Å². The quantitative estimate of drug-likeness (QED) is 0.548. The van der Waals surface area contributed by atoms with Crippen LogP contribution in [0.25, 0.3) is 21.8 Å². The maximum atomic E-state index is 12.8. The highest BCUT2D eigenvalue weighted by Crippen LogP contribution is 2.26. The van der Waals surface area contributed by atoms with Gasteiger partial charge in [0.2, 0.25) is 0 Å². The van der Waals surface area contributed by atoms with Crippen molar-refractivity contribution in [2.45, 2.75) is 6.92 Å². The van der Waals surface area contributed by atoms with Gasteiger partial charge in [0.05, 0.1) is 17.4 Å². The Morgan fingerprint density at radius 1 is 1.07 bits per heavy atom. The van der Waals surface area contributed by atoms with Crippen LogP contribution in [0.3, 0.4) is 0 Å². The van der Waals surface area contributed by atoms with E-state index in [1.165, 1.54) is 11.3 Å². The molecule has 1 aliphatic heterocycles. The molecule has 0 saturated carbocycles. The molecule has 0 atom stereocenters. The molecule has 0 unspecified atom stereocenters. The van der Waals surface area contributed by atoms with Crippen molar-refractivity contribution in [2.24, 2.45) is 0 Å². The lowest BCUT2D eigenvalue weighted by Gasteiger charge is -2.34. The van der Waals surface area contributed by atoms with Gasteiger partial charge in [-0.2, -0.15) is 0 Å². The van der Waals surface area contributed by atoms with E-state index in [2.05, 4.69) is 15.0 Å². The normalized spacial score (nSPS) is 14.4. The number of aromatic amines is 1. The van der Waals surface area contributed by atoms with Gasteiger partial charge in [0.1, 0.15) is 11.5 Å². The van der Waals surface area contributed by atoms with Crippen molar-refractivity contribution in [2.75, 3.05) is 26.2 Å². The number of rotatable bonds is 3. The van der Waals surface area contributed by atoms with Crippen molar-refractivity contribution < 1.29 is 14.0 Å². The van der Waals surface area contributed by atoms with Crippen molar-refractivity contribution >= 4 is 34.2 Å². The van der Waals surface area contributed by atoms with Gasteiger partial charge < -0.3 is 19.2 Å². The number of thiazole rings is 1. The number of aryl methyl sites for hydroxylation is 1. The number of fused-ring (bicyclic) bond motifs is 1. The van der Waals surface area contributed by atoms with E-state index in [9.17, 15) is 9.59 Å². The number of hydrogen-bond acceptors (Lipinski definition) is 6.